The third kappa shape index (κ3) is 3.57. The SMILES string of the molecule is NC(=NCc1ccc2c(c1)C(=O)NCC2)NCC1CCCO1. The molecule has 2 heterocycles. The monoisotopic (exact) mass is 302 g/mol. The van der Waals surface area contributed by atoms with Crippen LogP contribution >= 0.6 is 0 Å². The fraction of sp³-hybridized carbons (Fsp3) is 0.500. The number of ether oxygens (including phenoxy) is 1. The van der Waals surface area contributed by atoms with Gasteiger partial charge in [0, 0.05) is 25.3 Å². The van der Waals surface area contributed by atoms with E-state index in [9.17, 15) is 4.79 Å². The van der Waals surface area contributed by atoms with Gasteiger partial charge in [-0.2, -0.15) is 0 Å². The number of guanidine groups is 1. The lowest BCUT2D eigenvalue weighted by molar-refractivity contribution is 0.0946. The minimum absolute atomic E-state index is 0.00319. The van der Waals surface area contributed by atoms with Gasteiger partial charge in [0.1, 0.15) is 0 Å². The Hall–Kier alpha value is -2.08. The van der Waals surface area contributed by atoms with Crippen molar-refractivity contribution in [3.8, 4) is 0 Å². The fourth-order valence-corrected chi connectivity index (χ4v) is 2.81. The van der Waals surface area contributed by atoms with Crippen molar-refractivity contribution in [2.45, 2.75) is 31.9 Å². The average molecular weight is 302 g/mol. The van der Waals surface area contributed by atoms with E-state index in [1.54, 1.807) is 0 Å². The molecule has 2 aliphatic rings. The van der Waals surface area contributed by atoms with Gasteiger partial charge in [-0.15, -0.1) is 0 Å². The summed E-state index contributed by atoms with van der Waals surface area (Å²) in [5.74, 6) is 0.411. The number of fused-ring (bicyclic) bond motifs is 1. The number of nitrogens with one attached hydrogen (secondary N) is 2. The standard InChI is InChI=1S/C16H22N4O2/c17-16(20-10-13-2-1-7-22-13)19-9-11-3-4-12-5-6-18-15(21)14(12)8-11/h3-4,8,13H,1-2,5-7,9-10H2,(H,18,21)(H3,17,19,20). The van der Waals surface area contributed by atoms with Gasteiger partial charge in [-0.3, -0.25) is 4.79 Å². The quantitative estimate of drug-likeness (QED) is 0.560. The molecule has 0 bridgehead atoms. The van der Waals surface area contributed by atoms with Crippen molar-refractivity contribution in [2.24, 2.45) is 10.7 Å². The van der Waals surface area contributed by atoms with E-state index in [0.29, 0.717) is 25.6 Å². The summed E-state index contributed by atoms with van der Waals surface area (Å²) >= 11 is 0. The lowest BCUT2D eigenvalue weighted by Gasteiger charge is -2.17. The van der Waals surface area contributed by atoms with Gasteiger partial charge in [0.05, 0.1) is 12.6 Å². The molecule has 2 aliphatic heterocycles. The molecule has 0 spiro atoms. The maximum atomic E-state index is 11.8. The van der Waals surface area contributed by atoms with E-state index >= 15 is 0 Å². The van der Waals surface area contributed by atoms with Gasteiger partial charge in [-0.25, -0.2) is 4.99 Å². The number of amides is 1. The fourth-order valence-electron chi connectivity index (χ4n) is 2.81. The summed E-state index contributed by atoms with van der Waals surface area (Å²) in [5, 5.41) is 5.95. The maximum absolute atomic E-state index is 11.8. The summed E-state index contributed by atoms with van der Waals surface area (Å²) in [7, 11) is 0. The number of aliphatic imine (C=N–C) groups is 1. The molecule has 3 rings (SSSR count). The number of benzene rings is 1. The van der Waals surface area contributed by atoms with E-state index in [0.717, 1.165) is 42.6 Å². The molecule has 0 aliphatic carbocycles. The first-order valence-corrected chi connectivity index (χ1v) is 7.78. The van der Waals surface area contributed by atoms with Crippen molar-refractivity contribution in [3.63, 3.8) is 0 Å². The molecule has 22 heavy (non-hydrogen) atoms. The third-order valence-electron chi connectivity index (χ3n) is 4.07. The number of hydrogen-bond donors (Lipinski definition) is 3. The highest BCUT2D eigenvalue weighted by Gasteiger charge is 2.17. The van der Waals surface area contributed by atoms with Crippen molar-refractivity contribution in [2.75, 3.05) is 19.7 Å². The number of nitrogens with two attached hydrogens (primary N) is 1. The molecule has 0 radical (unpaired) electrons. The Labute approximate surface area is 130 Å². The van der Waals surface area contributed by atoms with Gasteiger partial charge in [0.15, 0.2) is 5.96 Å². The van der Waals surface area contributed by atoms with E-state index in [-0.39, 0.29) is 12.0 Å². The number of hydrogen-bond acceptors (Lipinski definition) is 3. The van der Waals surface area contributed by atoms with Crippen LogP contribution in [0.25, 0.3) is 0 Å². The number of carbonyl (C=O) groups excluding carboxylic acids is 1. The highest BCUT2D eigenvalue weighted by Crippen LogP contribution is 2.16. The second-order valence-electron chi connectivity index (χ2n) is 5.71. The largest absolute Gasteiger partial charge is 0.376 e. The van der Waals surface area contributed by atoms with Gasteiger partial charge in [0.25, 0.3) is 5.91 Å². The van der Waals surface area contributed by atoms with Crippen molar-refractivity contribution in [1.82, 2.24) is 10.6 Å². The van der Waals surface area contributed by atoms with E-state index in [2.05, 4.69) is 15.6 Å². The highest BCUT2D eigenvalue weighted by atomic mass is 16.5. The average Bonchev–Trinajstić information content (AvgIpc) is 3.05. The zero-order valence-corrected chi connectivity index (χ0v) is 12.6. The first-order valence-electron chi connectivity index (χ1n) is 7.78. The first kappa shape index (κ1) is 14.8. The Balaban J connectivity index is 1.57. The molecular weight excluding hydrogens is 280 g/mol. The normalized spacial score (nSPS) is 21.4. The minimum atomic E-state index is -0.00319. The van der Waals surface area contributed by atoms with Gasteiger partial charge in [-0.05, 0) is 36.5 Å². The molecule has 1 aromatic carbocycles. The molecule has 4 N–H and O–H groups in total. The Kier molecular flexibility index (Phi) is 4.58. The van der Waals surface area contributed by atoms with Crippen LogP contribution < -0.4 is 16.4 Å². The summed E-state index contributed by atoms with van der Waals surface area (Å²) in [4.78, 5) is 16.2. The molecule has 6 nitrogen and oxygen atoms in total. The minimum Gasteiger partial charge on any atom is -0.376 e. The van der Waals surface area contributed by atoms with Crippen LogP contribution in [-0.2, 0) is 17.7 Å². The van der Waals surface area contributed by atoms with Crippen LogP contribution in [0.3, 0.4) is 0 Å². The second kappa shape index (κ2) is 6.79. The molecule has 1 aromatic rings. The molecule has 0 aromatic heterocycles. The van der Waals surface area contributed by atoms with Gasteiger partial charge in [-0.1, -0.05) is 12.1 Å². The van der Waals surface area contributed by atoms with Crippen LogP contribution in [0.5, 0.6) is 0 Å². The summed E-state index contributed by atoms with van der Waals surface area (Å²) in [6, 6.07) is 5.92. The lowest BCUT2D eigenvalue weighted by atomic mass is 9.98. The summed E-state index contributed by atoms with van der Waals surface area (Å²) in [5.41, 5.74) is 8.71. The third-order valence-corrected chi connectivity index (χ3v) is 4.07. The van der Waals surface area contributed by atoms with Crippen LogP contribution in [0.4, 0.5) is 0 Å². The molecule has 118 valence electrons. The number of nitrogens with zero attached hydrogens (tertiary/aromatic N) is 1. The van der Waals surface area contributed by atoms with Crippen molar-refractivity contribution >= 4 is 11.9 Å². The Morgan fingerprint density at radius 3 is 3.23 bits per heavy atom. The van der Waals surface area contributed by atoms with E-state index < -0.39 is 0 Å². The smallest absolute Gasteiger partial charge is 0.251 e. The Morgan fingerprint density at radius 2 is 2.41 bits per heavy atom. The van der Waals surface area contributed by atoms with E-state index in [4.69, 9.17) is 10.5 Å². The molecule has 1 amide bonds. The van der Waals surface area contributed by atoms with Gasteiger partial charge < -0.3 is 21.1 Å². The van der Waals surface area contributed by atoms with Gasteiger partial charge >= 0.3 is 0 Å². The van der Waals surface area contributed by atoms with Crippen LogP contribution in [0.1, 0.15) is 34.3 Å². The van der Waals surface area contributed by atoms with Crippen molar-refractivity contribution < 1.29 is 9.53 Å². The zero-order chi connectivity index (χ0) is 15.4. The molecule has 1 unspecified atom stereocenters. The Morgan fingerprint density at radius 1 is 1.50 bits per heavy atom. The van der Waals surface area contributed by atoms with Gasteiger partial charge in [0.2, 0.25) is 0 Å². The summed E-state index contributed by atoms with van der Waals surface area (Å²) in [6.07, 6.45) is 3.30. The van der Waals surface area contributed by atoms with Crippen LogP contribution in [0, 0.1) is 0 Å². The topological polar surface area (TPSA) is 88.7 Å². The summed E-state index contributed by atoms with van der Waals surface area (Å²) < 4.78 is 5.52. The molecule has 1 fully saturated rings. The van der Waals surface area contributed by atoms with Crippen LogP contribution in [0.15, 0.2) is 23.2 Å². The predicted molar refractivity (Wildman–Crippen MR) is 84.8 cm³/mol. The lowest BCUT2D eigenvalue weighted by Crippen LogP contribution is -2.37. The molecular formula is C16H22N4O2. The molecule has 0 saturated carbocycles. The van der Waals surface area contributed by atoms with Crippen molar-refractivity contribution in [1.29, 1.82) is 0 Å². The number of carbonyl (C=O) groups is 1. The predicted octanol–water partition coefficient (Wildman–Crippen LogP) is 0.556. The summed E-state index contributed by atoms with van der Waals surface area (Å²) in [6.45, 7) is 2.71. The first-order chi connectivity index (χ1) is 10.7. The molecule has 1 atom stereocenters. The van der Waals surface area contributed by atoms with E-state index in [1.807, 2.05) is 18.2 Å². The van der Waals surface area contributed by atoms with Crippen LogP contribution in [0.2, 0.25) is 0 Å². The number of rotatable bonds is 4. The van der Waals surface area contributed by atoms with Crippen LogP contribution in [-0.4, -0.2) is 37.7 Å². The molecule has 1 saturated heterocycles. The maximum Gasteiger partial charge on any atom is 0.251 e. The molecule has 6 heteroatoms. The Bertz CT molecular complexity index is 580. The second-order valence-corrected chi connectivity index (χ2v) is 5.71. The van der Waals surface area contributed by atoms with Crippen molar-refractivity contribution in [3.05, 3.63) is 34.9 Å². The zero-order valence-electron chi connectivity index (χ0n) is 12.6. The highest BCUT2D eigenvalue weighted by molar-refractivity contribution is 5.96. The van der Waals surface area contributed by atoms with E-state index in [1.165, 1.54) is 0 Å².